The number of carbonyl (C=O) groups excluding carboxylic acids is 1. The molecule has 0 bridgehead atoms. The lowest BCUT2D eigenvalue weighted by molar-refractivity contribution is 0.0953. The first-order valence-corrected chi connectivity index (χ1v) is 7.44. The molecule has 2 aromatic rings. The van der Waals surface area contributed by atoms with E-state index >= 15 is 0 Å². The smallest absolute Gasteiger partial charge is 0.251 e. The molecule has 0 atom stereocenters. The summed E-state index contributed by atoms with van der Waals surface area (Å²) in [4.78, 5) is 24.3. The normalized spacial score (nSPS) is 10.7. The number of phenols is 2. The number of unbranched alkanes of at least 4 members (excludes halogenated alkanes) is 1. The minimum atomic E-state index is -0.905. The molecule has 0 spiro atoms. The first kappa shape index (κ1) is 16.9. The van der Waals surface area contributed by atoms with Gasteiger partial charge in [0.15, 0.2) is 17.2 Å². The molecule has 0 unspecified atom stereocenters. The second-order valence-corrected chi connectivity index (χ2v) is 5.49. The third-order valence-electron chi connectivity index (χ3n) is 3.40. The molecule has 1 amide bonds. The molecular weight excluding hydrogens is 322 g/mol. The number of nitrogens with one attached hydrogen (secondary N) is 1. The molecule has 0 saturated heterocycles. The first-order chi connectivity index (χ1) is 10.9. The summed E-state index contributed by atoms with van der Waals surface area (Å²) >= 11 is 5.79. The van der Waals surface area contributed by atoms with Gasteiger partial charge in [0.2, 0.25) is 5.43 Å². The maximum absolute atomic E-state index is 12.2. The SMILES string of the molecule is CCCCNC(=O)c1cc(O)c(=O)c2c(O)c(O)c(Cl)cc2c1. The Morgan fingerprint density at radius 1 is 1.17 bits per heavy atom. The first-order valence-electron chi connectivity index (χ1n) is 7.06. The number of aromatic hydroxyl groups is 3. The highest BCUT2D eigenvalue weighted by Crippen LogP contribution is 2.38. The van der Waals surface area contributed by atoms with E-state index < -0.39 is 28.6 Å². The highest BCUT2D eigenvalue weighted by atomic mass is 35.5. The molecular formula is C16H16ClNO5. The third-order valence-corrected chi connectivity index (χ3v) is 3.69. The lowest BCUT2D eigenvalue weighted by Gasteiger charge is -2.04. The molecule has 0 heterocycles. The Kier molecular flexibility index (Phi) is 4.95. The van der Waals surface area contributed by atoms with Gasteiger partial charge in [0.25, 0.3) is 5.91 Å². The van der Waals surface area contributed by atoms with Crippen molar-refractivity contribution in [3.8, 4) is 17.2 Å². The van der Waals surface area contributed by atoms with E-state index in [9.17, 15) is 24.9 Å². The second kappa shape index (κ2) is 6.75. The molecule has 6 nitrogen and oxygen atoms in total. The molecule has 2 aromatic carbocycles. The average molecular weight is 338 g/mol. The average Bonchev–Trinajstić information content (AvgIpc) is 2.63. The van der Waals surface area contributed by atoms with Gasteiger partial charge in [0.05, 0.1) is 10.4 Å². The van der Waals surface area contributed by atoms with Gasteiger partial charge in [-0.1, -0.05) is 24.9 Å². The quantitative estimate of drug-likeness (QED) is 0.506. The van der Waals surface area contributed by atoms with Crippen LogP contribution in [0.4, 0.5) is 0 Å². The van der Waals surface area contributed by atoms with Gasteiger partial charge >= 0.3 is 0 Å². The Balaban J connectivity index is 2.67. The van der Waals surface area contributed by atoms with Crippen molar-refractivity contribution >= 4 is 28.3 Å². The Bertz CT molecular complexity index is 835. The molecule has 0 aliphatic rings. The maximum atomic E-state index is 12.2. The lowest BCUT2D eigenvalue weighted by Crippen LogP contribution is -2.24. The van der Waals surface area contributed by atoms with Gasteiger partial charge in [-0.2, -0.15) is 0 Å². The van der Waals surface area contributed by atoms with Crippen molar-refractivity contribution in [3.05, 3.63) is 39.0 Å². The van der Waals surface area contributed by atoms with Gasteiger partial charge in [-0.05, 0) is 30.0 Å². The van der Waals surface area contributed by atoms with E-state index in [2.05, 4.69) is 5.32 Å². The van der Waals surface area contributed by atoms with Crippen LogP contribution in [-0.2, 0) is 0 Å². The second-order valence-electron chi connectivity index (χ2n) is 5.09. The van der Waals surface area contributed by atoms with E-state index in [1.807, 2.05) is 6.92 Å². The number of amides is 1. The Labute approximate surface area is 137 Å². The van der Waals surface area contributed by atoms with Gasteiger partial charge in [-0.15, -0.1) is 0 Å². The number of phenolic OH excluding ortho intramolecular Hbond substituents is 2. The fourth-order valence-corrected chi connectivity index (χ4v) is 2.37. The molecule has 2 rings (SSSR count). The van der Waals surface area contributed by atoms with Gasteiger partial charge in [0, 0.05) is 12.1 Å². The molecule has 0 aliphatic heterocycles. The number of fused-ring (bicyclic) bond motifs is 1. The van der Waals surface area contributed by atoms with E-state index in [1.165, 1.54) is 12.1 Å². The fraction of sp³-hybridized carbons (Fsp3) is 0.250. The predicted molar refractivity (Wildman–Crippen MR) is 87.5 cm³/mol. The minimum Gasteiger partial charge on any atom is -0.504 e. The molecule has 0 aromatic heterocycles. The van der Waals surface area contributed by atoms with Gasteiger partial charge < -0.3 is 20.6 Å². The summed E-state index contributed by atoms with van der Waals surface area (Å²) in [5.41, 5.74) is -0.857. The maximum Gasteiger partial charge on any atom is 0.251 e. The third kappa shape index (κ3) is 3.32. The molecule has 0 fully saturated rings. The topological polar surface area (TPSA) is 107 Å². The summed E-state index contributed by atoms with van der Waals surface area (Å²) in [7, 11) is 0. The Morgan fingerprint density at radius 3 is 2.52 bits per heavy atom. The number of carbonyl (C=O) groups is 1. The largest absolute Gasteiger partial charge is 0.504 e. The summed E-state index contributed by atoms with van der Waals surface area (Å²) in [6.45, 7) is 2.44. The number of benzene rings is 1. The Morgan fingerprint density at radius 2 is 1.87 bits per heavy atom. The number of rotatable bonds is 4. The van der Waals surface area contributed by atoms with Crippen molar-refractivity contribution in [2.45, 2.75) is 19.8 Å². The van der Waals surface area contributed by atoms with Crippen molar-refractivity contribution < 1.29 is 20.1 Å². The summed E-state index contributed by atoms with van der Waals surface area (Å²) in [6, 6.07) is 3.59. The molecule has 7 heteroatoms. The molecule has 0 saturated carbocycles. The molecule has 0 radical (unpaired) electrons. The van der Waals surface area contributed by atoms with Gasteiger partial charge in [-0.3, -0.25) is 9.59 Å². The fourth-order valence-electron chi connectivity index (χ4n) is 2.16. The van der Waals surface area contributed by atoms with E-state index in [1.54, 1.807) is 0 Å². The Hall–Kier alpha value is -2.47. The van der Waals surface area contributed by atoms with Gasteiger partial charge in [-0.25, -0.2) is 0 Å². The van der Waals surface area contributed by atoms with Crippen LogP contribution in [0, 0.1) is 0 Å². The number of hydrogen-bond acceptors (Lipinski definition) is 5. The zero-order valence-corrected chi connectivity index (χ0v) is 13.1. The van der Waals surface area contributed by atoms with Crippen LogP contribution < -0.4 is 10.7 Å². The summed E-state index contributed by atoms with van der Waals surface area (Å²) in [5, 5.41) is 31.7. The molecule has 23 heavy (non-hydrogen) atoms. The summed E-state index contributed by atoms with van der Waals surface area (Å²) in [6.07, 6.45) is 1.70. The van der Waals surface area contributed by atoms with Crippen molar-refractivity contribution in [1.29, 1.82) is 0 Å². The summed E-state index contributed by atoms with van der Waals surface area (Å²) < 4.78 is 0. The standard InChI is InChI=1S/C16H16ClNO5/c1-2-3-4-18-16(23)9-5-8-6-10(17)13(20)15(22)12(8)14(21)11(19)7-9/h5-7,20,22H,2-4H2,1H3,(H,18,23)(H,19,21). The van der Waals surface area contributed by atoms with E-state index in [4.69, 9.17) is 11.6 Å². The van der Waals surface area contributed by atoms with Crippen LogP contribution in [0.1, 0.15) is 30.1 Å². The van der Waals surface area contributed by atoms with Crippen LogP contribution >= 0.6 is 11.6 Å². The van der Waals surface area contributed by atoms with Crippen molar-refractivity contribution in [2.24, 2.45) is 0 Å². The van der Waals surface area contributed by atoms with E-state index in [0.717, 1.165) is 18.9 Å². The molecule has 0 aliphatic carbocycles. The minimum absolute atomic E-state index is 0.0480. The van der Waals surface area contributed by atoms with Crippen molar-refractivity contribution in [2.75, 3.05) is 6.54 Å². The lowest BCUT2D eigenvalue weighted by atomic mass is 10.1. The van der Waals surface area contributed by atoms with Gasteiger partial charge in [0.1, 0.15) is 0 Å². The zero-order chi connectivity index (χ0) is 17.1. The van der Waals surface area contributed by atoms with Crippen molar-refractivity contribution in [1.82, 2.24) is 5.32 Å². The number of halogens is 1. The molecule has 4 N–H and O–H groups in total. The highest BCUT2D eigenvalue weighted by molar-refractivity contribution is 6.33. The monoisotopic (exact) mass is 337 g/mol. The van der Waals surface area contributed by atoms with Crippen LogP contribution in [0.5, 0.6) is 17.2 Å². The van der Waals surface area contributed by atoms with E-state index in [0.29, 0.717) is 6.54 Å². The zero-order valence-electron chi connectivity index (χ0n) is 12.4. The van der Waals surface area contributed by atoms with E-state index in [-0.39, 0.29) is 21.4 Å². The summed E-state index contributed by atoms with van der Waals surface area (Å²) in [5.74, 6) is -2.57. The van der Waals surface area contributed by atoms with Crippen LogP contribution in [-0.4, -0.2) is 27.8 Å². The van der Waals surface area contributed by atoms with Crippen LogP contribution in [0.3, 0.4) is 0 Å². The van der Waals surface area contributed by atoms with Crippen LogP contribution in [0.15, 0.2) is 23.0 Å². The van der Waals surface area contributed by atoms with Crippen LogP contribution in [0.25, 0.3) is 10.8 Å². The number of hydrogen-bond donors (Lipinski definition) is 4. The predicted octanol–water partition coefficient (Wildman–Crippen LogP) is 2.50. The van der Waals surface area contributed by atoms with Crippen LogP contribution in [0.2, 0.25) is 5.02 Å². The van der Waals surface area contributed by atoms with Crippen molar-refractivity contribution in [3.63, 3.8) is 0 Å². The molecule has 122 valence electrons. The highest BCUT2D eigenvalue weighted by Gasteiger charge is 2.17.